The van der Waals surface area contributed by atoms with Crippen LogP contribution >= 0.6 is 0 Å². The number of nitrogens with zero attached hydrogens (tertiary/aromatic N) is 2. The van der Waals surface area contributed by atoms with Gasteiger partial charge in [0, 0.05) is 19.4 Å². The molecular weight excluding hydrogens is 346 g/mol. The lowest BCUT2D eigenvalue weighted by atomic mass is 10.1. The van der Waals surface area contributed by atoms with Crippen molar-refractivity contribution in [1.29, 1.82) is 0 Å². The summed E-state index contributed by atoms with van der Waals surface area (Å²) < 4.78 is 30.8. The zero-order valence-electron chi connectivity index (χ0n) is 14.6. The molecular formula is C20H21N3O2S. The van der Waals surface area contributed by atoms with Crippen LogP contribution in [0.4, 0.5) is 0 Å². The Labute approximate surface area is 153 Å². The molecule has 26 heavy (non-hydrogen) atoms. The molecule has 0 spiro atoms. The van der Waals surface area contributed by atoms with Crippen LogP contribution in [0.2, 0.25) is 0 Å². The van der Waals surface area contributed by atoms with Crippen molar-refractivity contribution >= 4 is 10.0 Å². The molecule has 1 aliphatic rings. The maximum atomic E-state index is 13.1. The number of sulfonamides is 1. The summed E-state index contributed by atoms with van der Waals surface area (Å²) in [6.07, 6.45) is 6.55. The lowest BCUT2D eigenvalue weighted by Gasteiger charge is -2.19. The van der Waals surface area contributed by atoms with Crippen LogP contribution in [0.3, 0.4) is 0 Å². The molecule has 5 nitrogen and oxygen atoms in total. The molecule has 1 atom stereocenters. The number of nitrogens with one attached hydrogen (secondary N) is 1. The molecule has 1 N–H and O–H groups in total. The van der Waals surface area contributed by atoms with Crippen molar-refractivity contribution in [2.75, 3.05) is 0 Å². The van der Waals surface area contributed by atoms with Gasteiger partial charge in [0.25, 0.3) is 0 Å². The third kappa shape index (κ3) is 3.18. The highest BCUT2D eigenvalue weighted by Crippen LogP contribution is 2.27. The molecule has 0 fully saturated rings. The van der Waals surface area contributed by atoms with E-state index in [1.165, 1.54) is 5.56 Å². The van der Waals surface area contributed by atoms with E-state index in [1.807, 2.05) is 60.3 Å². The first-order valence-electron chi connectivity index (χ1n) is 8.71. The van der Waals surface area contributed by atoms with Crippen molar-refractivity contribution in [3.8, 4) is 0 Å². The molecule has 1 unspecified atom stereocenters. The van der Waals surface area contributed by atoms with Crippen LogP contribution in [0, 0.1) is 0 Å². The molecule has 1 aromatic heterocycles. The summed E-state index contributed by atoms with van der Waals surface area (Å²) in [6, 6.07) is 14.4. The van der Waals surface area contributed by atoms with Crippen LogP contribution in [0.25, 0.3) is 0 Å². The van der Waals surface area contributed by atoms with Crippen molar-refractivity contribution in [3.63, 3.8) is 0 Å². The van der Waals surface area contributed by atoms with Crippen LogP contribution in [-0.4, -0.2) is 18.0 Å². The van der Waals surface area contributed by atoms with Gasteiger partial charge < -0.3 is 4.57 Å². The molecule has 0 aliphatic heterocycles. The number of aryl methyl sites for hydroxylation is 3. The molecule has 0 saturated heterocycles. The SMILES string of the molecule is Cn1ccnc1C(NS(=O)(=O)c1ccc2c(c1)CCC2)c1ccccc1. The Hall–Kier alpha value is -2.44. The quantitative estimate of drug-likeness (QED) is 0.754. The van der Waals surface area contributed by atoms with Gasteiger partial charge in [-0.3, -0.25) is 0 Å². The largest absolute Gasteiger partial charge is 0.336 e. The van der Waals surface area contributed by atoms with Gasteiger partial charge in [-0.25, -0.2) is 13.4 Å². The van der Waals surface area contributed by atoms with Gasteiger partial charge in [0.1, 0.15) is 11.9 Å². The minimum atomic E-state index is -3.68. The van der Waals surface area contributed by atoms with E-state index < -0.39 is 16.1 Å². The van der Waals surface area contributed by atoms with Crippen LogP contribution in [0.1, 0.15) is 35.0 Å². The Bertz CT molecular complexity index is 1030. The van der Waals surface area contributed by atoms with E-state index in [0.29, 0.717) is 10.7 Å². The second-order valence-corrected chi connectivity index (χ2v) is 8.36. The summed E-state index contributed by atoms with van der Waals surface area (Å²) in [7, 11) is -1.81. The molecule has 1 heterocycles. The molecule has 1 aliphatic carbocycles. The van der Waals surface area contributed by atoms with Crippen LogP contribution < -0.4 is 4.72 Å². The monoisotopic (exact) mass is 367 g/mol. The zero-order valence-corrected chi connectivity index (χ0v) is 15.4. The summed E-state index contributed by atoms with van der Waals surface area (Å²) in [4.78, 5) is 4.68. The Morgan fingerprint density at radius 3 is 2.58 bits per heavy atom. The number of rotatable bonds is 5. The number of hydrogen-bond acceptors (Lipinski definition) is 3. The molecule has 3 aromatic rings. The molecule has 0 radical (unpaired) electrons. The Kier molecular flexibility index (Phi) is 4.38. The predicted molar refractivity (Wildman–Crippen MR) is 100 cm³/mol. The van der Waals surface area contributed by atoms with E-state index in [0.717, 1.165) is 30.4 Å². The fourth-order valence-electron chi connectivity index (χ4n) is 3.51. The van der Waals surface area contributed by atoms with Crippen molar-refractivity contribution in [2.24, 2.45) is 7.05 Å². The summed E-state index contributed by atoms with van der Waals surface area (Å²) >= 11 is 0. The van der Waals surface area contributed by atoms with Crippen molar-refractivity contribution in [3.05, 3.63) is 83.4 Å². The lowest BCUT2D eigenvalue weighted by Crippen LogP contribution is -2.31. The van der Waals surface area contributed by atoms with Gasteiger partial charge in [0.2, 0.25) is 10.0 Å². The van der Waals surface area contributed by atoms with E-state index in [9.17, 15) is 8.42 Å². The van der Waals surface area contributed by atoms with Gasteiger partial charge in [-0.1, -0.05) is 36.4 Å². The topological polar surface area (TPSA) is 64.0 Å². The standard InChI is InChI=1S/C20H21N3O2S/c1-23-13-12-21-20(23)19(16-6-3-2-4-7-16)22-26(24,25)18-11-10-15-8-5-9-17(15)14-18/h2-4,6-7,10-14,19,22H,5,8-9H2,1H3. The average molecular weight is 367 g/mol. The maximum absolute atomic E-state index is 13.1. The van der Waals surface area contributed by atoms with E-state index in [1.54, 1.807) is 12.3 Å². The first-order chi connectivity index (χ1) is 12.5. The second-order valence-electron chi connectivity index (χ2n) is 6.65. The highest BCUT2D eigenvalue weighted by atomic mass is 32.2. The summed E-state index contributed by atoms with van der Waals surface area (Å²) in [5.74, 6) is 0.654. The van der Waals surface area contributed by atoms with Crippen molar-refractivity contribution in [1.82, 2.24) is 14.3 Å². The summed E-state index contributed by atoms with van der Waals surface area (Å²) in [5.41, 5.74) is 3.25. The molecule has 6 heteroatoms. The van der Waals surface area contributed by atoms with Gasteiger partial charge in [0.15, 0.2) is 0 Å². The number of hydrogen-bond donors (Lipinski definition) is 1. The van der Waals surface area contributed by atoms with Crippen LogP contribution in [-0.2, 0) is 29.9 Å². The minimum absolute atomic E-state index is 0.313. The number of benzene rings is 2. The van der Waals surface area contributed by atoms with Crippen LogP contribution in [0.5, 0.6) is 0 Å². The minimum Gasteiger partial charge on any atom is -0.336 e. The molecule has 0 saturated carbocycles. The summed E-state index contributed by atoms with van der Waals surface area (Å²) in [5, 5.41) is 0. The highest BCUT2D eigenvalue weighted by molar-refractivity contribution is 7.89. The normalized spacial score (nSPS) is 15.0. The van der Waals surface area contributed by atoms with Gasteiger partial charge in [-0.2, -0.15) is 4.72 Å². The third-order valence-electron chi connectivity index (χ3n) is 4.90. The molecule has 0 amide bonds. The fourth-order valence-corrected chi connectivity index (χ4v) is 4.74. The number of imidazole rings is 1. The number of aromatic nitrogens is 2. The predicted octanol–water partition coefficient (Wildman–Crippen LogP) is 2.98. The highest BCUT2D eigenvalue weighted by Gasteiger charge is 2.26. The first kappa shape index (κ1) is 17.0. The summed E-state index contributed by atoms with van der Waals surface area (Å²) in [6.45, 7) is 0. The molecule has 0 bridgehead atoms. The van der Waals surface area contributed by atoms with E-state index in [2.05, 4.69) is 9.71 Å². The molecule has 2 aromatic carbocycles. The van der Waals surface area contributed by atoms with Crippen molar-refractivity contribution in [2.45, 2.75) is 30.2 Å². The van der Waals surface area contributed by atoms with E-state index in [-0.39, 0.29) is 0 Å². The van der Waals surface area contributed by atoms with Gasteiger partial charge in [-0.15, -0.1) is 0 Å². The van der Waals surface area contributed by atoms with Gasteiger partial charge in [-0.05, 0) is 48.1 Å². The Morgan fingerprint density at radius 1 is 1.08 bits per heavy atom. The lowest BCUT2D eigenvalue weighted by molar-refractivity contribution is 0.562. The second kappa shape index (κ2) is 6.70. The maximum Gasteiger partial charge on any atom is 0.241 e. The first-order valence-corrected chi connectivity index (χ1v) is 10.2. The Morgan fingerprint density at radius 2 is 1.85 bits per heavy atom. The van der Waals surface area contributed by atoms with Gasteiger partial charge >= 0.3 is 0 Å². The number of fused-ring (bicyclic) bond motifs is 1. The smallest absolute Gasteiger partial charge is 0.241 e. The van der Waals surface area contributed by atoms with Crippen molar-refractivity contribution < 1.29 is 8.42 Å². The van der Waals surface area contributed by atoms with Crippen LogP contribution in [0.15, 0.2) is 65.8 Å². The zero-order chi connectivity index (χ0) is 18.1. The average Bonchev–Trinajstić information content (AvgIpc) is 3.28. The fraction of sp³-hybridized carbons (Fsp3) is 0.250. The van der Waals surface area contributed by atoms with Gasteiger partial charge in [0.05, 0.1) is 4.90 Å². The molecule has 134 valence electrons. The third-order valence-corrected chi connectivity index (χ3v) is 6.32. The molecule has 4 rings (SSSR count). The van der Waals surface area contributed by atoms with E-state index >= 15 is 0 Å². The van der Waals surface area contributed by atoms with E-state index in [4.69, 9.17) is 0 Å². The Balaban J connectivity index is 1.72.